The van der Waals surface area contributed by atoms with Crippen molar-refractivity contribution in [3.8, 4) is 11.5 Å². The molecule has 2 aromatic carbocycles. The fourth-order valence-electron chi connectivity index (χ4n) is 5.57. The molecule has 2 saturated heterocycles. The normalized spacial score (nSPS) is 21.3. The first-order valence-corrected chi connectivity index (χ1v) is 15.0. The van der Waals surface area contributed by atoms with Crippen LogP contribution in [0.3, 0.4) is 0 Å². The average Bonchev–Trinajstić information content (AvgIpc) is 3.24. The van der Waals surface area contributed by atoms with E-state index in [0.29, 0.717) is 17.9 Å². The van der Waals surface area contributed by atoms with Gasteiger partial charge in [0.1, 0.15) is 33.5 Å². The van der Waals surface area contributed by atoms with Crippen LogP contribution < -0.4 is 14.4 Å². The van der Waals surface area contributed by atoms with Gasteiger partial charge in [0.2, 0.25) is 0 Å². The molecule has 0 spiro atoms. The van der Waals surface area contributed by atoms with E-state index in [4.69, 9.17) is 9.47 Å². The SMILES string of the molecule is COc1cc(OCCCS(C)(=O)=O)cc(N2C(c3cccnc3)C(=O)N3C(c4ccccc4)CCCC32)c1. The number of rotatable bonds is 9. The number of hydrogen-bond acceptors (Lipinski definition) is 7. The Bertz CT molecular complexity index is 1370. The van der Waals surface area contributed by atoms with Gasteiger partial charge >= 0.3 is 0 Å². The highest BCUT2D eigenvalue weighted by Crippen LogP contribution is 2.48. The number of carbonyl (C=O) groups is 1. The Balaban J connectivity index is 1.53. The van der Waals surface area contributed by atoms with E-state index in [-0.39, 0.29) is 30.5 Å². The molecule has 38 heavy (non-hydrogen) atoms. The van der Waals surface area contributed by atoms with Crippen LogP contribution >= 0.6 is 0 Å². The maximum Gasteiger partial charge on any atom is 0.252 e. The molecule has 2 fully saturated rings. The number of amides is 1. The van der Waals surface area contributed by atoms with Gasteiger partial charge in [0.25, 0.3) is 5.91 Å². The molecule has 2 aliphatic rings. The van der Waals surface area contributed by atoms with E-state index < -0.39 is 15.9 Å². The molecule has 0 radical (unpaired) electrons. The van der Waals surface area contributed by atoms with E-state index in [2.05, 4.69) is 22.0 Å². The molecule has 1 aromatic heterocycles. The van der Waals surface area contributed by atoms with E-state index in [9.17, 15) is 13.2 Å². The number of fused-ring (bicyclic) bond motifs is 1. The standard InChI is InChI=1S/C29H33N3O5S/c1-36-24-17-23(18-25(19-24)37-15-8-16-38(2,34)35)31-27-13-6-12-26(21-9-4-3-5-10-21)32(27)29(33)28(31)22-11-7-14-30-20-22/h3-5,7,9-11,14,17-20,26-28H,6,8,12-13,15-16H2,1-2H3. The zero-order valence-corrected chi connectivity index (χ0v) is 22.5. The Kier molecular flexibility index (Phi) is 7.56. The van der Waals surface area contributed by atoms with E-state index >= 15 is 0 Å². The summed E-state index contributed by atoms with van der Waals surface area (Å²) in [7, 11) is -1.46. The van der Waals surface area contributed by atoms with Crippen molar-refractivity contribution >= 4 is 21.4 Å². The summed E-state index contributed by atoms with van der Waals surface area (Å²) in [6.45, 7) is 0.260. The van der Waals surface area contributed by atoms with E-state index in [1.807, 2.05) is 47.4 Å². The monoisotopic (exact) mass is 535 g/mol. The van der Waals surface area contributed by atoms with Crippen molar-refractivity contribution in [2.75, 3.05) is 30.6 Å². The molecule has 0 saturated carbocycles. The lowest BCUT2D eigenvalue weighted by atomic mass is 9.94. The van der Waals surface area contributed by atoms with Crippen LogP contribution in [0.15, 0.2) is 73.1 Å². The summed E-state index contributed by atoms with van der Waals surface area (Å²) in [6, 6.07) is 19.1. The van der Waals surface area contributed by atoms with Crippen LogP contribution in [0.1, 0.15) is 48.9 Å². The van der Waals surface area contributed by atoms with Crippen molar-refractivity contribution in [3.05, 3.63) is 84.2 Å². The van der Waals surface area contributed by atoms with Crippen molar-refractivity contribution in [1.29, 1.82) is 0 Å². The quantitative estimate of drug-likeness (QED) is 0.372. The summed E-state index contributed by atoms with van der Waals surface area (Å²) in [5.74, 6) is 1.28. The summed E-state index contributed by atoms with van der Waals surface area (Å²) < 4.78 is 34.6. The zero-order chi connectivity index (χ0) is 26.7. The Morgan fingerprint density at radius 1 is 0.974 bits per heavy atom. The lowest BCUT2D eigenvalue weighted by molar-refractivity contribution is -0.133. The zero-order valence-electron chi connectivity index (χ0n) is 21.7. The molecule has 0 aliphatic carbocycles. The molecule has 3 unspecified atom stereocenters. The lowest BCUT2D eigenvalue weighted by Crippen LogP contribution is -2.44. The van der Waals surface area contributed by atoms with Gasteiger partial charge in [0.15, 0.2) is 0 Å². The highest BCUT2D eigenvalue weighted by Gasteiger charge is 2.51. The molecule has 8 nitrogen and oxygen atoms in total. The number of anilines is 1. The summed E-state index contributed by atoms with van der Waals surface area (Å²) in [6.07, 6.45) is 7.68. The Labute approximate surface area is 224 Å². The van der Waals surface area contributed by atoms with Gasteiger partial charge in [0.05, 0.1) is 25.5 Å². The van der Waals surface area contributed by atoms with Crippen LogP contribution in [-0.2, 0) is 14.6 Å². The number of sulfone groups is 1. The molecule has 3 heterocycles. The minimum Gasteiger partial charge on any atom is -0.497 e. The molecular formula is C29H33N3O5S. The molecule has 1 amide bonds. The highest BCUT2D eigenvalue weighted by molar-refractivity contribution is 7.90. The summed E-state index contributed by atoms with van der Waals surface area (Å²) in [5.41, 5.74) is 2.78. The predicted octanol–water partition coefficient (Wildman–Crippen LogP) is 4.54. The summed E-state index contributed by atoms with van der Waals surface area (Å²) in [4.78, 5) is 22.7. The minimum absolute atomic E-state index is 0.0102. The number of hydrogen-bond donors (Lipinski definition) is 0. The van der Waals surface area contributed by atoms with Crippen LogP contribution in [0.2, 0.25) is 0 Å². The van der Waals surface area contributed by atoms with Crippen molar-refractivity contribution in [2.24, 2.45) is 0 Å². The smallest absolute Gasteiger partial charge is 0.252 e. The van der Waals surface area contributed by atoms with Crippen LogP contribution in [0.5, 0.6) is 11.5 Å². The van der Waals surface area contributed by atoms with E-state index in [0.717, 1.165) is 36.1 Å². The molecule has 3 aromatic rings. The molecule has 9 heteroatoms. The van der Waals surface area contributed by atoms with Crippen molar-refractivity contribution < 1.29 is 22.7 Å². The predicted molar refractivity (Wildman–Crippen MR) is 146 cm³/mol. The number of aromatic nitrogens is 1. The molecule has 2 aliphatic heterocycles. The topological polar surface area (TPSA) is 89.0 Å². The van der Waals surface area contributed by atoms with E-state index in [1.54, 1.807) is 25.6 Å². The van der Waals surface area contributed by atoms with Gasteiger partial charge in [-0.05, 0) is 37.3 Å². The van der Waals surface area contributed by atoms with Gasteiger partial charge in [-0.15, -0.1) is 0 Å². The Morgan fingerprint density at radius 3 is 2.45 bits per heavy atom. The first-order chi connectivity index (χ1) is 18.4. The lowest BCUT2D eigenvalue weighted by Gasteiger charge is -2.41. The molecule has 5 rings (SSSR count). The average molecular weight is 536 g/mol. The minimum atomic E-state index is -3.06. The number of piperidine rings is 1. The second-order valence-corrected chi connectivity index (χ2v) is 12.1. The Hall–Kier alpha value is -3.59. The maximum atomic E-state index is 14.2. The molecular weight excluding hydrogens is 502 g/mol. The van der Waals surface area contributed by atoms with Gasteiger partial charge in [-0.1, -0.05) is 36.4 Å². The first kappa shape index (κ1) is 26.0. The molecule has 0 N–H and O–H groups in total. The van der Waals surface area contributed by atoms with Gasteiger partial charge in [-0.25, -0.2) is 8.42 Å². The van der Waals surface area contributed by atoms with Gasteiger partial charge < -0.3 is 19.3 Å². The van der Waals surface area contributed by atoms with Crippen LogP contribution in [0.25, 0.3) is 0 Å². The third-order valence-corrected chi connectivity index (χ3v) is 8.23. The second kappa shape index (κ2) is 11.0. The number of methoxy groups -OCH3 is 1. The van der Waals surface area contributed by atoms with Gasteiger partial charge in [-0.2, -0.15) is 0 Å². The highest BCUT2D eigenvalue weighted by atomic mass is 32.2. The first-order valence-electron chi connectivity index (χ1n) is 12.9. The largest absolute Gasteiger partial charge is 0.497 e. The number of ether oxygens (including phenoxy) is 2. The number of benzene rings is 2. The van der Waals surface area contributed by atoms with Crippen LogP contribution in [-0.4, -0.2) is 56.1 Å². The number of pyridine rings is 1. The second-order valence-electron chi connectivity index (χ2n) is 9.88. The summed E-state index contributed by atoms with van der Waals surface area (Å²) >= 11 is 0. The fraction of sp³-hybridized carbons (Fsp3) is 0.379. The molecule has 0 bridgehead atoms. The summed E-state index contributed by atoms with van der Waals surface area (Å²) in [5, 5.41) is 0. The van der Waals surface area contributed by atoms with Gasteiger partial charge in [-0.3, -0.25) is 9.78 Å². The Morgan fingerprint density at radius 2 is 1.74 bits per heavy atom. The third kappa shape index (κ3) is 5.48. The maximum absolute atomic E-state index is 14.2. The fourth-order valence-corrected chi connectivity index (χ4v) is 6.21. The third-order valence-electron chi connectivity index (χ3n) is 7.20. The van der Waals surface area contributed by atoms with Crippen molar-refractivity contribution in [2.45, 2.75) is 43.9 Å². The van der Waals surface area contributed by atoms with E-state index in [1.165, 1.54) is 6.26 Å². The van der Waals surface area contributed by atoms with Gasteiger partial charge in [0, 0.05) is 48.1 Å². The van der Waals surface area contributed by atoms with Crippen LogP contribution in [0, 0.1) is 0 Å². The molecule has 200 valence electrons. The van der Waals surface area contributed by atoms with Crippen LogP contribution in [0.4, 0.5) is 5.69 Å². The van der Waals surface area contributed by atoms with Crippen molar-refractivity contribution in [1.82, 2.24) is 9.88 Å². The number of carbonyl (C=O) groups excluding carboxylic acids is 1. The molecule has 3 atom stereocenters. The number of nitrogens with zero attached hydrogens (tertiary/aromatic N) is 3. The van der Waals surface area contributed by atoms with Crippen molar-refractivity contribution in [3.63, 3.8) is 0 Å².